The summed E-state index contributed by atoms with van der Waals surface area (Å²) in [5, 5.41) is 39.2. The van der Waals surface area contributed by atoms with Crippen LogP contribution in [0, 0.1) is 10.1 Å². The smallest absolute Gasteiger partial charge is 0.336 e. The van der Waals surface area contributed by atoms with Gasteiger partial charge in [0.15, 0.2) is 0 Å². The number of esters is 1. The van der Waals surface area contributed by atoms with E-state index in [2.05, 4.69) is 4.74 Å². The molecule has 0 aliphatic heterocycles. The normalized spacial score (nSPS) is 13.3. The van der Waals surface area contributed by atoms with Crippen LogP contribution < -0.4 is 0 Å². The van der Waals surface area contributed by atoms with Gasteiger partial charge in [0.25, 0.3) is 5.69 Å². The molecule has 0 radical (unpaired) electrons. The summed E-state index contributed by atoms with van der Waals surface area (Å²) in [5.74, 6) is -2.29. The predicted octanol–water partition coefficient (Wildman–Crippen LogP) is 0.250. The topological polar surface area (TPSA) is 147 Å². The summed E-state index contributed by atoms with van der Waals surface area (Å²) in [7, 11) is 1.09. The molecule has 2 atom stereocenters. The molecule has 0 saturated heterocycles. The number of methoxy groups -OCH3 is 1. The van der Waals surface area contributed by atoms with Crippen LogP contribution in [0.4, 0.5) is 5.69 Å². The third-order valence-corrected chi connectivity index (χ3v) is 2.76. The van der Waals surface area contributed by atoms with Gasteiger partial charge in [0.2, 0.25) is 0 Å². The van der Waals surface area contributed by atoms with Crippen LogP contribution in [-0.4, -0.2) is 45.4 Å². The minimum absolute atomic E-state index is 0.232. The van der Waals surface area contributed by atoms with Gasteiger partial charge in [0.1, 0.15) is 6.10 Å². The van der Waals surface area contributed by atoms with Crippen molar-refractivity contribution >= 4 is 17.6 Å². The second-order valence-electron chi connectivity index (χ2n) is 4.13. The van der Waals surface area contributed by atoms with E-state index >= 15 is 0 Å². The highest BCUT2D eigenvalue weighted by Crippen LogP contribution is 2.26. The standard InChI is InChI=1S/C12H13NO8/c1-21-10(15)5-9(14)11(16)7-3-2-6(13(19)20)4-8(7)12(17)18/h2-4,9,11,14,16H,5H2,1H3,(H,17,18). The number of hydrogen-bond donors (Lipinski definition) is 3. The molecule has 114 valence electrons. The molecule has 0 fully saturated rings. The number of carboxylic acids is 1. The number of carbonyl (C=O) groups excluding carboxylic acids is 1. The Hall–Kier alpha value is -2.52. The van der Waals surface area contributed by atoms with E-state index in [0.29, 0.717) is 0 Å². The number of carboxylic acid groups (broad SMARTS) is 1. The van der Waals surface area contributed by atoms with Crippen molar-refractivity contribution in [3.05, 3.63) is 39.4 Å². The van der Waals surface area contributed by atoms with Crippen molar-refractivity contribution in [2.24, 2.45) is 0 Å². The van der Waals surface area contributed by atoms with Crippen molar-refractivity contribution in [2.45, 2.75) is 18.6 Å². The van der Waals surface area contributed by atoms with Gasteiger partial charge < -0.3 is 20.1 Å². The van der Waals surface area contributed by atoms with Gasteiger partial charge in [-0.3, -0.25) is 14.9 Å². The number of non-ortho nitro benzene ring substituents is 1. The monoisotopic (exact) mass is 299 g/mol. The van der Waals surface area contributed by atoms with Crippen LogP contribution in [0.3, 0.4) is 0 Å². The second kappa shape index (κ2) is 6.77. The zero-order valence-electron chi connectivity index (χ0n) is 10.9. The third-order valence-electron chi connectivity index (χ3n) is 2.76. The number of aliphatic hydroxyl groups excluding tert-OH is 2. The number of carbonyl (C=O) groups is 2. The van der Waals surface area contributed by atoms with E-state index in [1.807, 2.05) is 0 Å². The van der Waals surface area contributed by atoms with Gasteiger partial charge in [-0.15, -0.1) is 0 Å². The van der Waals surface area contributed by atoms with Crippen LogP contribution in [0.5, 0.6) is 0 Å². The second-order valence-corrected chi connectivity index (χ2v) is 4.13. The Balaban J connectivity index is 3.13. The number of nitro benzene ring substituents is 1. The first-order valence-corrected chi connectivity index (χ1v) is 5.72. The fourth-order valence-electron chi connectivity index (χ4n) is 1.67. The molecule has 0 aromatic heterocycles. The molecule has 2 unspecified atom stereocenters. The Kier molecular flexibility index (Phi) is 5.33. The lowest BCUT2D eigenvalue weighted by molar-refractivity contribution is -0.384. The van der Waals surface area contributed by atoms with Crippen molar-refractivity contribution < 1.29 is 34.6 Å². The van der Waals surface area contributed by atoms with Gasteiger partial charge in [-0.25, -0.2) is 4.79 Å². The van der Waals surface area contributed by atoms with Crippen LogP contribution in [0.15, 0.2) is 18.2 Å². The molecule has 1 aromatic carbocycles. The number of benzene rings is 1. The quantitative estimate of drug-likeness (QED) is 0.384. The van der Waals surface area contributed by atoms with E-state index in [1.165, 1.54) is 0 Å². The van der Waals surface area contributed by atoms with E-state index in [-0.39, 0.29) is 5.56 Å². The van der Waals surface area contributed by atoms with Gasteiger partial charge in [-0.05, 0) is 11.6 Å². The Morgan fingerprint density at radius 1 is 1.38 bits per heavy atom. The summed E-state index contributed by atoms with van der Waals surface area (Å²) in [6.07, 6.45) is -3.85. The lowest BCUT2D eigenvalue weighted by atomic mass is 9.96. The molecule has 21 heavy (non-hydrogen) atoms. The molecular weight excluding hydrogens is 286 g/mol. The van der Waals surface area contributed by atoms with Crippen molar-refractivity contribution in [3.63, 3.8) is 0 Å². The zero-order valence-corrected chi connectivity index (χ0v) is 10.9. The summed E-state index contributed by atoms with van der Waals surface area (Å²) >= 11 is 0. The van der Waals surface area contributed by atoms with Gasteiger partial charge in [0.05, 0.1) is 30.1 Å². The van der Waals surface area contributed by atoms with Crippen molar-refractivity contribution in [1.82, 2.24) is 0 Å². The summed E-state index contributed by atoms with van der Waals surface area (Å²) in [4.78, 5) is 31.9. The molecule has 0 bridgehead atoms. The predicted molar refractivity (Wildman–Crippen MR) is 67.7 cm³/mol. The number of rotatable bonds is 6. The Bertz CT molecular complexity index is 570. The summed E-state index contributed by atoms with van der Waals surface area (Å²) in [6, 6.07) is 2.79. The third kappa shape index (κ3) is 3.97. The van der Waals surface area contributed by atoms with Gasteiger partial charge in [0, 0.05) is 12.1 Å². The molecule has 0 amide bonds. The maximum absolute atomic E-state index is 11.1. The summed E-state index contributed by atoms with van der Waals surface area (Å²) < 4.78 is 4.32. The largest absolute Gasteiger partial charge is 0.478 e. The van der Waals surface area contributed by atoms with Gasteiger partial charge >= 0.3 is 11.9 Å². The minimum atomic E-state index is -1.70. The minimum Gasteiger partial charge on any atom is -0.478 e. The Morgan fingerprint density at radius 3 is 2.48 bits per heavy atom. The number of ether oxygens (including phenoxy) is 1. The number of aromatic carboxylic acids is 1. The molecule has 0 spiro atoms. The average molecular weight is 299 g/mol. The number of nitro groups is 1. The molecule has 3 N–H and O–H groups in total. The van der Waals surface area contributed by atoms with Gasteiger partial charge in [-0.1, -0.05) is 0 Å². The number of aliphatic hydroxyl groups is 2. The first-order valence-electron chi connectivity index (χ1n) is 5.72. The van der Waals surface area contributed by atoms with Gasteiger partial charge in [-0.2, -0.15) is 0 Å². The number of hydrogen-bond acceptors (Lipinski definition) is 7. The van der Waals surface area contributed by atoms with E-state index in [0.717, 1.165) is 25.3 Å². The molecule has 0 aliphatic carbocycles. The molecule has 1 rings (SSSR count). The molecule has 9 nitrogen and oxygen atoms in total. The van der Waals surface area contributed by atoms with E-state index < -0.39 is 46.7 Å². The highest BCUT2D eigenvalue weighted by molar-refractivity contribution is 5.90. The van der Waals surface area contributed by atoms with Crippen LogP contribution in [-0.2, 0) is 9.53 Å². The molecule has 9 heteroatoms. The zero-order chi connectivity index (χ0) is 16.2. The molecule has 0 saturated carbocycles. The fourth-order valence-corrected chi connectivity index (χ4v) is 1.67. The highest BCUT2D eigenvalue weighted by atomic mass is 16.6. The Labute approximate surface area is 118 Å². The van der Waals surface area contributed by atoms with Crippen molar-refractivity contribution in [3.8, 4) is 0 Å². The summed E-state index contributed by atoms with van der Waals surface area (Å²) in [5.41, 5.74) is -1.23. The fraction of sp³-hybridized carbons (Fsp3) is 0.333. The van der Waals surface area contributed by atoms with Crippen molar-refractivity contribution in [2.75, 3.05) is 7.11 Å². The average Bonchev–Trinajstić information content (AvgIpc) is 2.45. The van der Waals surface area contributed by atoms with E-state index in [4.69, 9.17) is 5.11 Å². The maximum atomic E-state index is 11.1. The van der Waals surface area contributed by atoms with Crippen molar-refractivity contribution in [1.29, 1.82) is 0 Å². The van der Waals surface area contributed by atoms with Crippen LogP contribution in [0.2, 0.25) is 0 Å². The van der Waals surface area contributed by atoms with E-state index in [1.54, 1.807) is 0 Å². The molecule has 0 heterocycles. The first kappa shape index (κ1) is 16.5. The Morgan fingerprint density at radius 2 is 2.00 bits per heavy atom. The maximum Gasteiger partial charge on any atom is 0.336 e. The number of nitrogens with zero attached hydrogens (tertiary/aromatic N) is 1. The SMILES string of the molecule is COC(=O)CC(O)C(O)c1ccc([N+](=O)[O-])cc1C(=O)O. The molecule has 1 aromatic rings. The summed E-state index contributed by atoms with van der Waals surface area (Å²) in [6.45, 7) is 0. The molecular formula is C12H13NO8. The van der Waals surface area contributed by atoms with Crippen LogP contribution >= 0.6 is 0 Å². The lowest BCUT2D eigenvalue weighted by Gasteiger charge is -2.18. The van der Waals surface area contributed by atoms with E-state index in [9.17, 15) is 29.9 Å². The van der Waals surface area contributed by atoms with Crippen LogP contribution in [0.1, 0.15) is 28.4 Å². The highest BCUT2D eigenvalue weighted by Gasteiger charge is 2.27. The molecule has 0 aliphatic rings. The first-order chi connectivity index (χ1) is 9.77. The van der Waals surface area contributed by atoms with Crippen LogP contribution in [0.25, 0.3) is 0 Å². The lowest BCUT2D eigenvalue weighted by Crippen LogP contribution is -2.24.